The zero-order chi connectivity index (χ0) is 18.9. The first-order valence-electron chi connectivity index (χ1n) is 7.87. The first-order valence-corrected chi connectivity index (χ1v) is 8.91. The Morgan fingerprint density at radius 3 is 2.73 bits per heavy atom. The van der Waals surface area contributed by atoms with Crippen molar-refractivity contribution in [1.29, 1.82) is 0 Å². The number of carbonyl (C=O) groups is 3. The number of nitrogens with one attached hydrogen (secondary N) is 1. The van der Waals surface area contributed by atoms with E-state index in [1.54, 1.807) is 0 Å². The van der Waals surface area contributed by atoms with Gasteiger partial charge in [-0.1, -0.05) is 30.3 Å². The molecule has 1 unspecified atom stereocenters. The zero-order valence-corrected chi connectivity index (χ0v) is 15.0. The Kier molecular flexibility index (Phi) is 7.34. The maximum Gasteiger partial charge on any atom is 0.412 e. The fourth-order valence-corrected chi connectivity index (χ4v) is 3.42. The van der Waals surface area contributed by atoms with Gasteiger partial charge in [-0.25, -0.2) is 14.4 Å². The Balaban J connectivity index is 1.98. The molecule has 1 fully saturated rings. The molecule has 2 amide bonds. The predicted molar refractivity (Wildman–Crippen MR) is 95.7 cm³/mol. The van der Waals surface area contributed by atoms with E-state index in [-0.39, 0.29) is 24.1 Å². The number of ether oxygens (including phenoxy) is 2. The molecule has 2 N–H and O–H groups in total. The zero-order valence-electron chi connectivity index (χ0n) is 14.2. The number of benzene rings is 1. The van der Waals surface area contributed by atoms with Crippen LogP contribution in [0.3, 0.4) is 0 Å². The molecule has 26 heavy (non-hydrogen) atoms. The van der Waals surface area contributed by atoms with Crippen LogP contribution < -0.4 is 5.32 Å². The minimum Gasteiger partial charge on any atom is -0.465 e. The number of hydrogen-bond acceptors (Lipinski definition) is 6. The number of alkyl carbamates (subject to hydrolysis) is 1. The number of hydrogen-bond donors (Lipinski definition) is 2. The number of rotatable bonds is 5. The third-order valence-electron chi connectivity index (χ3n) is 3.57. The molecule has 8 nitrogen and oxygen atoms in total. The normalized spacial score (nSPS) is 17.3. The van der Waals surface area contributed by atoms with Crippen LogP contribution in [0.5, 0.6) is 0 Å². The van der Waals surface area contributed by atoms with Crippen molar-refractivity contribution in [3.8, 4) is 0 Å². The van der Waals surface area contributed by atoms with E-state index >= 15 is 0 Å². The van der Waals surface area contributed by atoms with Crippen LogP contribution in [-0.4, -0.2) is 59.4 Å². The fourth-order valence-electron chi connectivity index (χ4n) is 2.28. The van der Waals surface area contributed by atoms with Crippen molar-refractivity contribution in [2.75, 3.05) is 26.0 Å². The van der Waals surface area contributed by atoms with Crippen LogP contribution in [0.1, 0.15) is 5.56 Å². The summed E-state index contributed by atoms with van der Waals surface area (Å²) in [5.41, 5.74) is 0.737. The number of carboxylic acid groups (broad SMARTS) is 1. The SMILES string of the molecule is COC(=O)C(=CC1CN(C(=O)O)CCS1)NC(=O)OCc1ccccc1. The van der Waals surface area contributed by atoms with E-state index in [2.05, 4.69) is 10.1 Å². The number of amides is 2. The molecule has 9 heteroatoms. The van der Waals surface area contributed by atoms with Crippen molar-refractivity contribution in [3.63, 3.8) is 0 Å². The summed E-state index contributed by atoms with van der Waals surface area (Å²) in [6, 6.07) is 9.12. The van der Waals surface area contributed by atoms with E-state index < -0.39 is 18.2 Å². The Hall–Kier alpha value is -2.68. The van der Waals surface area contributed by atoms with Crippen LogP contribution in [0.2, 0.25) is 0 Å². The average Bonchev–Trinajstić information content (AvgIpc) is 2.66. The van der Waals surface area contributed by atoms with Crippen LogP contribution in [0.4, 0.5) is 9.59 Å². The van der Waals surface area contributed by atoms with E-state index in [4.69, 9.17) is 9.84 Å². The highest BCUT2D eigenvalue weighted by Gasteiger charge is 2.24. The summed E-state index contributed by atoms with van der Waals surface area (Å²) in [5.74, 6) is -0.130. The summed E-state index contributed by atoms with van der Waals surface area (Å²) in [7, 11) is 1.20. The van der Waals surface area contributed by atoms with Crippen LogP contribution >= 0.6 is 11.8 Å². The van der Waals surface area contributed by atoms with Gasteiger partial charge in [-0.15, -0.1) is 0 Å². The molecule has 0 aromatic heterocycles. The first-order chi connectivity index (χ1) is 12.5. The van der Waals surface area contributed by atoms with E-state index in [0.717, 1.165) is 5.56 Å². The molecule has 1 aliphatic rings. The van der Waals surface area contributed by atoms with Gasteiger partial charge in [0.15, 0.2) is 0 Å². The van der Waals surface area contributed by atoms with Gasteiger partial charge in [-0.05, 0) is 11.6 Å². The molecular weight excluding hydrogens is 360 g/mol. The van der Waals surface area contributed by atoms with Crippen LogP contribution in [0.25, 0.3) is 0 Å². The van der Waals surface area contributed by atoms with Crippen molar-refractivity contribution < 1.29 is 29.0 Å². The molecule has 0 bridgehead atoms. The monoisotopic (exact) mass is 380 g/mol. The Labute approximate surface area is 155 Å². The van der Waals surface area contributed by atoms with Gasteiger partial charge in [0.25, 0.3) is 0 Å². The average molecular weight is 380 g/mol. The molecule has 0 spiro atoms. The molecule has 1 aliphatic heterocycles. The molecule has 0 aliphatic carbocycles. The lowest BCUT2D eigenvalue weighted by atomic mass is 10.2. The summed E-state index contributed by atoms with van der Waals surface area (Å²) >= 11 is 1.50. The van der Waals surface area contributed by atoms with Crippen molar-refractivity contribution in [3.05, 3.63) is 47.7 Å². The summed E-state index contributed by atoms with van der Waals surface area (Å²) in [6.07, 6.45) is -0.310. The predicted octanol–water partition coefficient (Wildman–Crippen LogP) is 2.07. The molecule has 1 atom stereocenters. The fraction of sp³-hybridized carbons (Fsp3) is 0.353. The molecule has 0 radical (unpaired) electrons. The standard InChI is InChI=1S/C17H20N2O6S/c1-24-15(20)14(9-13-10-19(17(22)23)7-8-26-13)18-16(21)25-11-12-5-3-2-4-6-12/h2-6,9,13H,7-8,10-11H2,1H3,(H,18,21)(H,22,23). The lowest BCUT2D eigenvalue weighted by molar-refractivity contribution is -0.136. The van der Waals surface area contributed by atoms with Crippen molar-refractivity contribution in [2.24, 2.45) is 0 Å². The molecule has 1 heterocycles. The maximum absolute atomic E-state index is 12.0. The van der Waals surface area contributed by atoms with E-state index in [9.17, 15) is 14.4 Å². The lowest BCUT2D eigenvalue weighted by Gasteiger charge is -2.28. The second kappa shape index (κ2) is 9.71. The van der Waals surface area contributed by atoms with E-state index in [0.29, 0.717) is 12.3 Å². The van der Waals surface area contributed by atoms with Gasteiger partial charge in [0.1, 0.15) is 12.3 Å². The van der Waals surface area contributed by atoms with Gasteiger partial charge in [0.05, 0.1) is 7.11 Å². The Morgan fingerprint density at radius 1 is 1.35 bits per heavy atom. The van der Waals surface area contributed by atoms with Gasteiger partial charge >= 0.3 is 18.2 Å². The molecule has 1 saturated heterocycles. The van der Waals surface area contributed by atoms with Crippen molar-refractivity contribution in [2.45, 2.75) is 11.9 Å². The second-order valence-corrected chi connectivity index (χ2v) is 6.74. The lowest BCUT2D eigenvalue weighted by Crippen LogP contribution is -2.41. The molecule has 2 rings (SSSR count). The third-order valence-corrected chi connectivity index (χ3v) is 4.70. The van der Waals surface area contributed by atoms with Crippen molar-refractivity contribution >= 4 is 29.9 Å². The third kappa shape index (κ3) is 5.99. The highest BCUT2D eigenvalue weighted by atomic mass is 32.2. The van der Waals surface area contributed by atoms with E-state index in [1.165, 1.54) is 29.8 Å². The largest absolute Gasteiger partial charge is 0.465 e. The highest BCUT2D eigenvalue weighted by molar-refractivity contribution is 8.00. The van der Waals surface area contributed by atoms with Crippen LogP contribution in [0, 0.1) is 0 Å². The topological polar surface area (TPSA) is 105 Å². The number of methoxy groups -OCH3 is 1. The maximum atomic E-state index is 12.0. The van der Waals surface area contributed by atoms with E-state index in [1.807, 2.05) is 30.3 Å². The summed E-state index contributed by atoms with van der Waals surface area (Å²) in [5, 5.41) is 11.2. The minimum absolute atomic E-state index is 0.0616. The van der Waals surface area contributed by atoms with Gasteiger partial charge < -0.3 is 19.5 Å². The number of carbonyl (C=O) groups excluding carboxylic acids is 2. The number of esters is 1. The second-order valence-electron chi connectivity index (χ2n) is 5.40. The minimum atomic E-state index is -1.02. The molecule has 1 aromatic carbocycles. The first kappa shape index (κ1) is 19.6. The molecule has 140 valence electrons. The molecule has 1 aromatic rings. The molecule has 0 saturated carbocycles. The highest BCUT2D eigenvalue weighted by Crippen LogP contribution is 2.21. The Morgan fingerprint density at radius 2 is 2.08 bits per heavy atom. The summed E-state index contributed by atoms with van der Waals surface area (Å²) < 4.78 is 9.77. The van der Waals surface area contributed by atoms with Crippen LogP contribution in [-0.2, 0) is 20.9 Å². The quantitative estimate of drug-likeness (QED) is 0.595. The Bertz CT molecular complexity index is 679. The van der Waals surface area contributed by atoms with Gasteiger partial charge in [0, 0.05) is 24.1 Å². The van der Waals surface area contributed by atoms with Crippen molar-refractivity contribution in [1.82, 2.24) is 10.2 Å². The van der Waals surface area contributed by atoms with Crippen LogP contribution in [0.15, 0.2) is 42.1 Å². The summed E-state index contributed by atoms with van der Waals surface area (Å²) in [6.45, 7) is 0.706. The summed E-state index contributed by atoms with van der Waals surface area (Å²) in [4.78, 5) is 36.2. The molecular formula is C17H20N2O6S. The number of nitrogens with zero attached hydrogens (tertiary/aromatic N) is 1. The smallest absolute Gasteiger partial charge is 0.412 e. The van der Waals surface area contributed by atoms with Gasteiger partial charge in [-0.2, -0.15) is 11.8 Å². The van der Waals surface area contributed by atoms with Gasteiger partial charge in [0.2, 0.25) is 0 Å². The number of thioether (sulfide) groups is 1. The van der Waals surface area contributed by atoms with Gasteiger partial charge in [-0.3, -0.25) is 5.32 Å².